The van der Waals surface area contributed by atoms with Crippen LogP contribution in [0.15, 0.2) is 40.2 Å². The largest absolute Gasteiger partial charge is 0.330 e. The highest BCUT2D eigenvalue weighted by Gasteiger charge is 2.08. The smallest absolute Gasteiger partial charge is 0.305 e. The second-order valence-corrected chi connectivity index (χ2v) is 4.76. The van der Waals surface area contributed by atoms with Gasteiger partial charge in [-0.1, -0.05) is 6.07 Å². The zero-order valence-corrected chi connectivity index (χ0v) is 11.8. The Kier molecular flexibility index (Phi) is 4.14. The molecule has 0 saturated heterocycles. The molecule has 0 bridgehead atoms. The Hall–Kier alpha value is -2.21. The number of hydrogen-bond acceptors (Lipinski definition) is 4. The van der Waals surface area contributed by atoms with Crippen LogP contribution in [-0.2, 0) is 20.6 Å². The van der Waals surface area contributed by atoms with Crippen LogP contribution in [0.2, 0.25) is 0 Å². The van der Waals surface area contributed by atoms with E-state index in [-0.39, 0.29) is 17.3 Å². The van der Waals surface area contributed by atoms with Gasteiger partial charge in [-0.15, -0.1) is 0 Å². The predicted molar refractivity (Wildman–Crippen MR) is 76.4 cm³/mol. The first kappa shape index (κ1) is 14.2. The van der Waals surface area contributed by atoms with E-state index in [1.165, 1.54) is 17.7 Å². The second kappa shape index (κ2) is 5.83. The van der Waals surface area contributed by atoms with E-state index < -0.39 is 0 Å². The summed E-state index contributed by atoms with van der Waals surface area (Å²) in [7, 11) is 3.13. The summed E-state index contributed by atoms with van der Waals surface area (Å²) in [6, 6.07) is 5.42. The zero-order chi connectivity index (χ0) is 14.7. The summed E-state index contributed by atoms with van der Waals surface area (Å²) in [6.45, 7) is 2.45. The van der Waals surface area contributed by atoms with Gasteiger partial charge in [0.15, 0.2) is 0 Å². The number of hydrogen-bond donors (Lipinski definition) is 1. The van der Waals surface area contributed by atoms with Gasteiger partial charge in [-0.25, -0.2) is 4.79 Å². The third kappa shape index (κ3) is 2.85. The molecule has 0 radical (unpaired) electrons. The van der Waals surface area contributed by atoms with Crippen molar-refractivity contribution in [3.63, 3.8) is 0 Å². The predicted octanol–water partition coefficient (Wildman–Crippen LogP) is 0.330. The minimum Gasteiger partial charge on any atom is -0.305 e. The average molecular weight is 274 g/mol. The number of rotatable bonds is 4. The van der Waals surface area contributed by atoms with Crippen molar-refractivity contribution in [2.24, 2.45) is 14.1 Å². The lowest BCUT2D eigenvalue weighted by Crippen LogP contribution is -2.39. The molecular weight excluding hydrogens is 256 g/mol. The molecule has 0 fully saturated rings. The molecule has 6 nitrogen and oxygen atoms in total. The molecular formula is C14H18N4O2. The van der Waals surface area contributed by atoms with E-state index in [0.29, 0.717) is 12.2 Å². The van der Waals surface area contributed by atoms with E-state index in [4.69, 9.17) is 0 Å². The topological polar surface area (TPSA) is 68.9 Å². The summed E-state index contributed by atoms with van der Waals surface area (Å²) in [5, 5.41) is 3.28. The fraction of sp³-hybridized carbons (Fsp3) is 0.357. The summed E-state index contributed by atoms with van der Waals surface area (Å²) in [6.07, 6.45) is 3.52. The fourth-order valence-corrected chi connectivity index (χ4v) is 1.96. The van der Waals surface area contributed by atoms with E-state index in [9.17, 15) is 9.59 Å². The third-order valence-corrected chi connectivity index (χ3v) is 3.40. The molecule has 0 amide bonds. The Balaban J connectivity index is 2.16. The summed E-state index contributed by atoms with van der Waals surface area (Å²) in [4.78, 5) is 27.5. The van der Waals surface area contributed by atoms with Crippen molar-refractivity contribution in [1.82, 2.24) is 19.4 Å². The quantitative estimate of drug-likeness (QED) is 0.872. The first-order valence-electron chi connectivity index (χ1n) is 6.40. The SMILES string of the molecule is C[C@@H](NCc1cc(=O)n(C)c(=O)n1C)c1cccnc1. The molecule has 0 unspecified atom stereocenters. The van der Waals surface area contributed by atoms with E-state index in [1.807, 2.05) is 19.1 Å². The molecule has 0 saturated carbocycles. The van der Waals surface area contributed by atoms with Crippen molar-refractivity contribution in [3.8, 4) is 0 Å². The molecule has 1 atom stereocenters. The molecule has 2 aromatic heterocycles. The van der Waals surface area contributed by atoms with Crippen LogP contribution in [0.3, 0.4) is 0 Å². The molecule has 2 aromatic rings. The van der Waals surface area contributed by atoms with Crippen molar-refractivity contribution in [2.75, 3.05) is 0 Å². The molecule has 0 aromatic carbocycles. The Morgan fingerprint density at radius 3 is 2.70 bits per heavy atom. The van der Waals surface area contributed by atoms with Gasteiger partial charge in [-0.2, -0.15) is 0 Å². The maximum absolute atomic E-state index is 11.8. The number of nitrogens with zero attached hydrogens (tertiary/aromatic N) is 3. The molecule has 0 aliphatic heterocycles. The minimum absolute atomic E-state index is 0.0860. The molecule has 2 heterocycles. The minimum atomic E-state index is -0.316. The van der Waals surface area contributed by atoms with Gasteiger partial charge in [0, 0.05) is 50.8 Å². The number of nitrogens with one attached hydrogen (secondary N) is 1. The van der Waals surface area contributed by atoms with Gasteiger partial charge in [0.2, 0.25) is 0 Å². The van der Waals surface area contributed by atoms with E-state index in [1.54, 1.807) is 19.4 Å². The number of aromatic nitrogens is 3. The van der Waals surface area contributed by atoms with Crippen molar-refractivity contribution in [1.29, 1.82) is 0 Å². The Labute approximate surface area is 116 Å². The molecule has 1 N–H and O–H groups in total. The van der Waals surface area contributed by atoms with Gasteiger partial charge < -0.3 is 5.32 Å². The maximum Gasteiger partial charge on any atom is 0.330 e. The second-order valence-electron chi connectivity index (χ2n) is 4.76. The fourth-order valence-electron chi connectivity index (χ4n) is 1.96. The van der Waals surface area contributed by atoms with Crippen molar-refractivity contribution < 1.29 is 0 Å². The van der Waals surface area contributed by atoms with Crippen LogP contribution in [0.1, 0.15) is 24.2 Å². The molecule has 6 heteroatoms. The van der Waals surface area contributed by atoms with E-state index in [2.05, 4.69) is 10.3 Å². The number of pyridine rings is 1. The van der Waals surface area contributed by atoms with Crippen molar-refractivity contribution in [3.05, 3.63) is 62.7 Å². The Morgan fingerprint density at radius 2 is 2.05 bits per heavy atom. The van der Waals surface area contributed by atoms with Crippen LogP contribution in [-0.4, -0.2) is 14.1 Å². The molecule has 20 heavy (non-hydrogen) atoms. The van der Waals surface area contributed by atoms with Crippen LogP contribution in [0.5, 0.6) is 0 Å². The van der Waals surface area contributed by atoms with Gasteiger partial charge in [0.25, 0.3) is 5.56 Å². The monoisotopic (exact) mass is 274 g/mol. The maximum atomic E-state index is 11.8. The zero-order valence-electron chi connectivity index (χ0n) is 11.8. The third-order valence-electron chi connectivity index (χ3n) is 3.40. The van der Waals surface area contributed by atoms with Crippen LogP contribution in [0, 0.1) is 0 Å². The summed E-state index contributed by atoms with van der Waals surface area (Å²) in [5.41, 5.74) is 1.11. The highest BCUT2D eigenvalue weighted by atomic mass is 16.2. The van der Waals surface area contributed by atoms with Crippen LogP contribution < -0.4 is 16.6 Å². The van der Waals surface area contributed by atoms with Crippen LogP contribution >= 0.6 is 0 Å². The molecule has 0 spiro atoms. The first-order chi connectivity index (χ1) is 9.50. The Bertz CT molecular complexity index is 703. The molecule has 2 rings (SSSR count). The lowest BCUT2D eigenvalue weighted by atomic mass is 10.1. The van der Waals surface area contributed by atoms with Gasteiger partial charge in [-0.05, 0) is 18.6 Å². The first-order valence-corrected chi connectivity index (χ1v) is 6.40. The standard InChI is InChI=1S/C14H18N4O2/c1-10(11-5-4-6-15-8-11)16-9-12-7-13(19)18(3)14(20)17(12)2/h4-8,10,16H,9H2,1-3H3/t10-/m1/s1. The Morgan fingerprint density at radius 1 is 1.30 bits per heavy atom. The highest BCUT2D eigenvalue weighted by Crippen LogP contribution is 2.10. The molecule has 0 aliphatic carbocycles. The highest BCUT2D eigenvalue weighted by molar-refractivity contribution is 5.13. The average Bonchev–Trinajstić information content (AvgIpc) is 2.48. The molecule has 0 aliphatic rings. The summed E-state index contributed by atoms with van der Waals surface area (Å²) < 4.78 is 2.57. The van der Waals surface area contributed by atoms with Gasteiger partial charge in [0.1, 0.15) is 0 Å². The van der Waals surface area contributed by atoms with E-state index in [0.717, 1.165) is 10.1 Å². The van der Waals surface area contributed by atoms with Crippen LogP contribution in [0.25, 0.3) is 0 Å². The lowest BCUT2D eigenvalue weighted by molar-refractivity contribution is 0.539. The summed E-state index contributed by atoms with van der Waals surface area (Å²) >= 11 is 0. The van der Waals surface area contributed by atoms with Gasteiger partial charge >= 0.3 is 5.69 Å². The van der Waals surface area contributed by atoms with E-state index >= 15 is 0 Å². The van der Waals surface area contributed by atoms with Crippen molar-refractivity contribution >= 4 is 0 Å². The van der Waals surface area contributed by atoms with Crippen molar-refractivity contribution in [2.45, 2.75) is 19.5 Å². The normalized spacial score (nSPS) is 12.3. The molecule has 106 valence electrons. The lowest BCUT2D eigenvalue weighted by Gasteiger charge is -2.15. The summed E-state index contributed by atoms with van der Waals surface area (Å²) in [5.74, 6) is 0. The van der Waals surface area contributed by atoms with Gasteiger partial charge in [0.05, 0.1) is 0 Å². The van der Waals surface area contributed by atoms with Gasteiger partial charge in [-0.3, -0.25) is 18.9 Å². The van der Waals surface area contributed by atoms with Crippen LogP contribution in [0.4, 0.5) is 0 Å².